The standard InChI is InChI=1S/C15H22N6O3/c1-10-8-13(21(19-10)11-4-2-3-5-11)18-15(23)16-7-6-12-17-14(9-22)24-20-12/h8,11,22H,2-7,9H2,1H3,(H2,16,18,23). The molecule has 1 fully saturated rings. The van der Waals surface area contributed by atoms with Gasteiger partial charge >= 0.3 is 6.03 Å². The van der Waals surface area contributed by atoms with Crippen LogP contribution in [-0.2, 0) is 13.0 Å². The number of hydrogen-bond donors (Lipinski definition) is 3. The molecule has 3 rings (SSSR count). The number of carbonyl (C=O) groups excluding carboxylic acids is 1. The summed E-state index contributed by atoms with van der Waals surface area (Å²) in [6, 6.07) is 1.95. The summed E-state index contributed by atoms with van der Waals surface area (Å²) >= 11 is 0. The summed E-state index contributed by atoms with van der Waals surface area (Å²) in [4.78, 5) is 16.0. The van der Waals surface area contributed by atoms with Crippen molar-refractivity contribution in [3.05, 3.63) is 23.5 Å². The van der Waals surface area contributed by atoms with Gasteiger partial charge in [-0.2, -0.15) is 10.1 Å². The van der Waals surface area contributed by atoms with Crippen molar-refractivity contribution in [2.45, 2.75) is 51.7 Å². The highest BCUT2D eigenvalue weighted by atomic mass is 16.5. The number of hydrogen-bond acceptors (Lipinski definition) is 6. The normalized spacial score (nSPS) is 14.9. The number of aliphatic hydroxyl groups excluding tert-OH is 1. The van der Waals surface area contributed by atoms with Crippen molar-refractivity contribution in [1.82, 2.24) is 25.2 Å². The minimum Gasteiger partial charge on any atom is -0.387 e. The number of aromatic nitrogens is 4. The fraction of sp³-hybridized carbons (Fsp3) is 0.600. The van der Waals surface area contributed by atoms with Gasteiger partial charge < -0.3 is 14.9 Å². The Hall–Kier alpha value is -2.42. The van der Waals surface area contributed by atoms with Crippen LogP contribution in [-0.4, -0.2) is 37.6 Å². The van der Waals surface area contributed by atoms with Gasteiger partial charge in [-0.25, -0.2) is 9.48 Å². The largest absolute Gasteiger partial charge is 0.387 e. The Balaban J connectivity index is 1.51. The van der Waals surface area contributed by atoms with E-state index in [9.17, 15) is 4.79 Å². The Morgan fingerprint density at radius 3 is 2.96 bits per heavy atom. The molecular formula is C15H22N6O3. The van der Waals surface area contributed by atoms with E-state index >= 15 is 0 Å². The second-order valence-electron chi connectivity index (χ2n) is 5.95. The van der Waals surface area contributed by atoms with E-state index in [1.165, 1.54) is 12.8 Å². The Bertz CT molecular complexity index is 689. The number of carbonyl (C=O) groups is 1. The van der Waals surface area contributed by atoms with E-state index in [-0.39, 0.29) is 18.5 Å². The average Bonchev–Trinajstić information content (AvgIpc) is 3.28. The van der Waals surface area contributed by atoms with Crippen LogP contribution in [0.5, 0.6) is 0 Å². The maximum absolute atomic E-state index is 12.1. The van der Waals surface area contributed by atoms with Crippen LogP contribution in [0.3, 0.4) is 0 Å². The number of amides is 2. The molecule has 2 aromatic heterocycles. The van der Waals surface area contributed by atoms with Gasteiger partial charge in [0.15, 0.2) is 5.82 Å². The third-order valence-corrected chi connectivity index (χ3v) is 4.05. The minimum atomic E-state index is -0.292. The predicted octanol–water partition coefficient (Wildman–Crippen LogP) is 1.55. The molecule has 0 aliphatic heterocycles. The maximum atomic E-state index is 12.1. The number of anilines is 1. The van der Waals surface area contributed by atoms with Gasteiger partial charge in [0, 0.05) is 19.0 Å². The highest BCUT2D eigenvalue weighted by Crippen LogP contribution is 2.31. The van der Waals surface area contributed by atoms with Gasteiger partial charge in [0.05, 0.1) is 11.7 Å². The fourth-order valence-electron chi connectivity index (χ4n) is 2.94. The van der Waals surface area contributed by atoms with Gasteiger partial charge in [-0.05, 0) is 19.8 Å². The molecule has 3 N–H and O–H groups in total. The summed E-state index contributed by atoms with van der Waals surface area (Å²) in [5.74, 6) is 1.34. The van der Waals surface area contributed by atoms with E-state index in [4.69, 9.17) is 9.63 Å². The van der Waals surface area contributed by atoms with Crippen LogP contribution in [0.4, 0.5) is 10.6 Å². The Kier molecular flexibility index (Phi) is 5.09. The summed E-state index contributed by atoms with van der Waals surface area (Å²) in [5, 5.41) is 22.7. The van der Waals surface area contributed by atoms with Crippen LogP contribution in [0.15, 0.2) is 10.6 Å². The minimum absolute atomic E-state index is 0.172. The lowest BCUT2D eigenvalue weighted by atomic mass is 10.2. The first kappa shape index (κ1) is 16.4. The molecule has 1 aliphatic rings. The molecule has 1 aliphatic carbocycles. The molecule has 0 unspecified atom stereocenters. The summed E-state index contributed by atoms with van der Waals surface area (Å²) in [5.41, 5.74) is 0.889. The molecule has 2 aromatic rings. The number of nitrogens with one attached hydrogen (secondary N) is 2. The molecule has 2 amide bonds. The Morgan fingerprint density at radius 2 is 2.25 bits per heavy atom. The fourth-order valence-corrected chi connectivity index (χ4v) is 2.94. The van der Waals surface area contributed by atoms with E-state index in [0.29, 0.717) is 24.8 Å². The molecule has 0 spiro atoms. The van der Waals surface area contributed by atoms with Gasteiger partial charge in [0.1, 0.15) is 12.4 Å². The Labute approximate surface area is 139 Å². The number of rotatable bonds is 6. The molecule has 0 atom stereocenters. The second-order valence-corrected chi connectivity index (χ2v) is 5.95. The second kappa shape index (κ2) is 7.43. The van der Waals surface area contributed by atoms with Crippen LogP contribution in [0.25, 0.3) is 0 Å². The first-order chi connectivity index (χ1) is 11.7. The number of aryl methyl sites for hydroxylation is 1. The zero-order valence-electron chi connectivity index (χ0n) is 13.7. The van der Waals surface area contributed by atoms with Gasteiger partial charge in [-0.1, -0.05) is 18.0 Å². The zero-order valence-corrected chi connectivity index (χ0v) is 13.7. The molecule has 9 nitrogen and oxygen atoms in total. The molecule has 2 heterocycles. The molecule has 0 aromatic carbocycles. The first-order valence-corrected chi connectivity index (χ1v) is 8.19. The Morgan fingerprint density at radius 1 is 1.46 bits per heavy atom. The number of urea groups is 1. The summed E-state index contributed by atoms with van der Waals surface area (Å²) in [6.07, 6.45) is 5.04. The van der Waals surface area contributed by atoms with Crippen molar-refractivity contribution in [2.75, 3.05) is 11.9 Å². The highest BCUT2D eigenvalue weighted by Gasteiger charge is 2.21. The molecular weight excluding hydrogens is 312 g/mol. The van der Waals surface area contributed by atoms with Crippen LogP contribution >= 0.6 is 0 Å². The SMILES string of the molecule is Cc1cc(NC(=O)NCCc2noc(CO)n2)n(C2CCCC2)n1. The zero-order chi connectivity index (χ0) is 16.9. The van der Waals surface area contributed by atoms with Crippen LogP contribution in [0, 0.1) is 6.92 Å². The van der Waals surface area contributed by atoms with E-state index in [1.54, 1.807) is 0 Å². The lowest BCUT2D eigenvalue weighted by Gasteiger charge is -2.14. The smallest absolute Gasteiger partial charge is 0.320 e. The van der Waals surface area contributed by atoms with Gasteiger partial charge in [-0.15, -0.1) is 0 Å². The van der Waals surface area contributed by atoms with E-state index in [1.807, 2.05) is 17.7 Å². The van der Waals surface area contributed by atoms with Gasteiger partial charge in [0.25, 0.3) is 5.89 Å². The van der Waals surface area contributed by atoms with E-state index in [0.717, 1.165) is 24.4 Å². The summed E-state index contributed by atoms with van der Waals surface area (Å²) < 4.78 is 6.72. The lowest BCUT2D eigenvalue weighted by molar-refractivity contribution is 0.222. The van der Waals surface area contributed by atoms with Gasteiger partial charge in [-0.3, -0.25) is 5.32 Å². The topological polar surface area (TPSA) is 118 Å². The van der Waals surface area contributed by atoms with E-state index < -0.39 is 0 Å². The van der Waals surface area contributed by atoms with Gasteiger partial charge in [0.2, 0.25) is 0 Å². The average molecular weight is 334 g/mol. The summed E-state index contributed by atoms with van der Waals surface area (Å²) in [7, 11) is 0. The van der Waals surface area contributed by atoms with Crippen molar-refractivity contribution in [1.29, 1.82) is 0 Å². The van der Waals surface area contributed by atoms with Crippen LogP contribution < -0.4 is 10.6 Å². The number of nitrogens with zero attached hydrogens (tertiary/aromatic N) is 4. The van der Waals surface area contributed by atoms with Crippen molar-refractivity contribution < 1.29 is 14.4 Å². The maximum Gasteiger partial charge on any atom is 0.320 e. The quantitative estimate of drug-likeness (QED) is 0.737. The van der Waals surface area contributed by atoms with Crippen molar-refractivity contribution in [2.24, 2.45) is 0 Å². The first-order valence-electron chi connectivity index (χ1n) is 8.19. The predicted molar refractivity (Wildman–Crippen MR) is 85.4 cm³/mol. The van der Waals surface area contributed by atoms with Crippen LogP contribution in [0.1, 0.15) is 49.1 Å². The lowest BCUT2D eigenvalue weighted by Crippen LogP contribution is -2.31. The van der Waals surface area contributed by atoms with Crippen LogP contribution in [0.2, 0.25) is 0 Å². The molecule has 0 bridgehead atoms. The van der Waals surface area contributed by atoms with Crippen molar-refractivity contribution >= 4 is 11.8 Å². The molecule has 1 saturated carbocycles. The molecule has 130 valence electrons. The van der Waals surface area contributed by atoms with Crippen molar-refractivity contribution in [3.8, 4) is 0 Å². The molecule has 0 saturated heterocycles. The monoisotopic (exact) mass is 334 g/mol. The number of aliphatic hydroxyl groups is 1. The molecule has 24 heavy (non-hydrogen) atoms. The third-order valence-electron chi connectivity index (χ3n) is 4.05. The van der Waals surface area contributed by atoms with E-state index in [2.05, 4.69) is 25.9 Å². The third kappa shape index (κ3) is 3.91. The highest BCUT2D eigenvalue weighted by molar-refractivity contribution is 5.88. The molecule has 0 radical (unpaired) electrons. The van der Waals surface area contributed by atoms with Crippen molar-refractivity contribution in [3.63, 3.8) is 0 Å². The summed E-state index contributed by atoms with van der Waals surface area (Å²) in [6.45, 7) is 2.00. The molecule has 9 heteroatoms.